The topological polar surface area (TPSA) is 73.1 Å². The van der Waals surface area contributed by atoms with Crippen molar-refractivity contribution in [2.24, 2.45) is 5.10 Å². The van der Waals surface area contributed by atoms with Crippen molar-refractivity contribution in [3.05, 3.63) is 46.1 Å². The van der Waals surface area contributed by atoms with Gasteiger partial charge in [0.2, 0.25) is 5.91 Å². The molecule has 1 fully saturated rings. The van der Waals surface area contributed by atoms with Gasteiger partial charge in [-0.3, -0.25) is 4.79 Å². The Bertz CT molecular complexity index is 798. The van der Waals surface area contributed by atoms with Crippen molar-refractivity contribution in [1.82, 2.24) is 5.43 Å². The molecule has 1 amide bonds. The van der Waals surface area contributed by atoms with Gasteiger partial charge in [-0.1, -0.05) is 23.2 Å². The Balaban J connectivity index is 1.60. The second-order valence-electron chi connectivity index (χ2n) is 5.63. The van der Waals surface area contributed by atoms with Gasteiger partial charge in [0.1, 0.15) is 11.5 Å². The second-order valence-corrected chi connectivity index (χ2v) is 6.47. The standard InChI is InChI=1S/C17H16Cl2N2O4/c1-17(23-6-7-24-17)9-16(22)21-20-10-12-3-5-15(25-12)13-8-11(18)2-4-14(13)19/h2-5,8,10H,6-7,9H2,1H3,(H,21,22)/b20-10-. The van der Waals surface area contributed by atoms with E-state index in [-0.39, 0.29) is 12.3 Å². The summed E-state index contributed by atoms with van der Waals surface area (Å²) in [5, 5.41) is 4.96. The molecule has 1 saturated heterocycles. The summed E-state index contributed by atoms with van der Waals surface area (Å²) in [5.74, 6) is -0.183. The van der Waals surface area contributed by atoms with E-state index in [0.717, 1.165) is 0 Å². The van der Waals surface area contributed by atoms with Crippen LogP contribution in [-0.2, 0) is 14.3 Å². The lowest BCUT2D eigenvalue weighted by atomic mass is 10.2. The van der Waals surface area contributed by atoms with E-state index in [4.69, 9.17) is 37.1 Å². The first-order valence-electron chi connectivity index (χ1n) is 7.60. The van der Waals surface area contributed by atoms with Crippen LogP contribution in [0.5, 0.6) is 0 Å². The van der Waals surface area contributed by atoms with Crippen molar-refractivity contribution in [3.8, 4) is 11.3 Å². The number of rotatable bonds is 5. The van der Waals surface area contributed by atoms with Gasteiger partial charge in [0.15, 0.2) is 5.79 Å². The zero-order valence-corrected chi connectivity index (χ0v) is 14.9. The highest BCUT2D eigenvalue weighted by molar-refractivity contribution is 6.35. The fraction of sp³-hybridized carbons (Fsp3) is 0.294. The van der Waals surface area contributed by atoms with Crippen molar-refractivity contribution < 1.29 is 18.7 Å². The molecule has 0 aliphatic carbocycles. The highest BCUT2D eigenvalue weighted by Gasteiger charge is 2.33. The molecule has 132 valence electrons. The maximum atomic E-state index is 11.9. The van der Waals surface area contributed by atoms with Crippen LogP contribution in [0.15, 0.2) is 39.9 Å². The van der Waals surface area contributed by atoms with Crippen LogP contribution in [0, 0.1) is 0 Å². The normalized spacial score (nSPS) is 16.4. The number of carbonyl (C=O) groups is 1. The van der Waals surface area contributed by atoms with Crippen molar-refractivity contribution in [2.45, 2.75) is 19.1 Å². The first-order valence-corrected chi connectivity index (χ1v) is 8.36. The molecule has 0 unspecified atom stereocenters. The molecule has 1 aromatic heterocycles. The van der Waals surface area contributed by atoms with Crippen molar-refractivity contribution >= 4 is 35.3 Å². The van der Waals surface area contributed by atoms with E-state index in [0.29, 0.717) is 40.3 Å². The molecule has 2 aromatic rings. The molecule has 0 saturated carbocycles. The van der Waals surface area contributed by atoms with Gasteiger partial charge in [-0.25, -0.2) is 5.43 Å². The van der Waals surface area contributed by atoms with E-state index in [1.165, 1.54) is 6.21 Å². The Labute approximate surface area is 154 Å². The molecular formula is C17H16Cl2N2O4. The smallest absolute Gasteiger partial charge is 0.245 e. The number of carbonyl (C=O) groups excluding carboxylic acids is 1. The maximum Gasteiger partial charge on any atom is 0.245 e. The largest absolute Gasteiger partial charge is 0.455 e. The highest BCUT2D eigenvalue weighted by atomic mass is 35.5. The fourth-order valence-electron chi connectivity index (χ4n) is 2.41. The van der Waals surface area contributed by atoms with Crippen LogP contribution >= 0.6 is 23.2 Å². The number of nitrogens with one attached hydrogen (secondary N) is 1. The molecule has 8 heteroatoms. The lowest BCUT2D eigenvalue weighted by Crippen LogP contribution is -2.33. The van der Waals surface area contributed by atoms with Gasteiger partial charge < -0.3 is 13.9 Å². The van der Waals surface area contributed by atoms with Crippen LogP contribution in [0.2, 0.25) is 10.0 Å². The molecule has 0 radical (unpaired) electrons. The summed E-state index contributed by atoms with van der Waals surface area (Å²) in [7, 11) is 0. The predicted octanol–water partition coefficient (Wildman–Crippen LogP) is 3.86. The molecule has 0 atom stereocenters. The van der Waals surface area contributed by atoms with Gasteiger partial charge in [0.25, 0.3) is 0 Å². The highest BCUT2D eigenvalue weighted by Crippen LogP contribution is 2.31. The van der Waals surface area contributed by atoms with E-state index in [2.05, 4.69) is 10.5 Å². The van der Waals surface area contributed by atoms with Crippen molar-refractivity contribution in [2.75, 3.05) is 13.2 Å². The van der Waals surface area contributed by atoms with E-state index >= 15 is 0 Å². The zero-order chi connectivity index (χ0) is 17.9. The molecule has 1 aliphatic heterocycles. The van der Waals surface area contributed by atoms with Crippen LogP contribution in [0.25, 0.3) is 11.3 Å². The quantitative estimate of drug-likeness (QED) is 0.629. The minimum Gasteiger partial charge on any atom is -0.455 e. The van der Waals surface area contributed by atoms with Crippen LogP contribution in [0.3, 0.4) is 0 Å². The summed E-state index contributed by atoms with van der Waals surface area (Å²) in [4.78, 5) is 11.9. The summed E-state index contributed by atoms with van der Waals surface area (Å²) in [6.45, 7) is 2.68. The Hall–Kier alpha value is -1.86. The molecule has 0 bridgehead atoms. The van der Waals surface area contributed by atoms with E-state index in [9.17, 15) is 4.79 Å². The Morgan fingerprint density at radius 3 is 2.80 bits per heavy atom. The Morgan fingerprint density at radius 2 is 2.04 bits per heavy atom. The lowest BCUT2D eigenvalue weighted by Gasteiger charge is -2.20. The number of hydrogen-bond donors (Lipinski definition) is 1. The number of halogens is 2. The van der Waals surface area contributed by atoms with Gasteiger partial charge >= 0.3 is 0 Å². The third-order valence-corrected chi connectivity index (χ3v) is 4.15. The lowest BCUT2D eigenvalue weighted by molar-refractivity contribution is -0.159. The summed E-state index contributed by atoms with van der Waals surface area (Å²) in [6, 6.07) is 8.58. The molecule has 1 aromatic carbocycles. The number of nitrogens with zero attached hydrogens (tertiary/aromatic N) is 1. The first kappa shape index (κ1) is 17.9. The number of benzene rings is 1. The molecule has 2 heterocycles. The number of amides is 1. The number of furan rings is 1. The Morgan fingerprint density at radius 1 is 1.28 bits per heavy atom. The molecule has 25 heavy (non-hydrogen) atoms. The SMILES string of the molecule is CC1(CC(=O)N/N=C\c2ccc(-c3cc(Cl)ccc3Cl)o2)OCCO1. The third-order valence-electron chi connectivity index (χ3n) is 3.58. The summed E-state index contributed by atoms with van der Waals surface area (Å²) in [5.41, 5.74) is 3.10. The van der Waals surface area contributed by atoms with Gasteiger partial charge in [-0.15, -0.1) is 0 Å². The summed E-state index contributed by atoms with van der Waals surface area (Å²) >= 11 is 12.1. The van der Waals surface area contributed by atoms with E-state index in [1.54, 1.807) is 37.3 Å². The molecule has 1 aliphatic rings. The maximum absolute atomic E-state index is 11.9. The van der Waals surface area contributed by atoms with Crippen LogP contribution in [0.1, 0.15) is 19.1 Å². The van der Waals surface area contributed by atoms with Crippen LogP contribution in [0.4, 0.5) is 0 Å². The van der Waals surface area contributed by atoms with Gasteiger partial charge in [0.05, 0.1) is 30.9 Å². The third kappa shape index (κ3) is 4.61. The average Bonchev–Trinajstić information content (AvgIpc) is 3.19. The fourth-order valence-corrected chi connectivity index (χ4v) is 2.79. The molecule has 1 N–H and O–H groups in total. The van der Waals surface area contributed by atoms with Crippen LogP contribution < -0.4 is 5.43 Å². The monoisotopic (exact) mass is 382 g/mol. The summed E-state index contributed by atoms with van der Waals surface area (Å²) < 4.78 is 16.4. The average molecular weight is 383 g/mol. The first-order chi connectivity index (χ1) is 12.0. The van der Waals surface area contributed by atoms with E-state index in [1.807, 2.05) is 0 Å². The molecule has 6 nitrogen and oxygen atoms in total. The van der Waals surface area contributed by atoms with Gasteiger partial charge in [-0.05, 0) is 37.3 Å². The number of ether oxygens (including phenoxy) is 2. The molecular weight excluding hydrogens is 367 g/mol. The second kappa shape index (κ2) is 7.58. The zero-order valence-electron chi connectivity index (χ0n) is 13.4. The minimum absolute atomic E-state index is 0.0614. The number of hydrogen-bond acceptors (Lipinski definition) is 5. The van der Waals surface area contributed by atoms with Gasteiger partial charge in [-0.2, -0.15) is 5.10 Å². The van der Waals surface area contributed by atoms with Crippen molar-refractivity contribution in [3.63, 3.8) is 0 Å². The molecule has 3 rings (SSSR count). The summed E-state index contributed by atoms with van der Waals surface area (Å²) in [6.07, 6.45) is 1.46. The van der Waals surface area contributed by atoms with Crippen LogP contribution in [-0.4, -0.2) is 31.1 Å². The Kier molecular flexibility index (Phi) is 5.44. The minimum atomic E-state index is -0.888. The number of hydrazone groups is 1. The van der Waals surface area contributed by atoms with Gasteiger partial charge in [0, 0.05) is 10.6 Å². The predicted molar refractivity (Wildman–Crippen MR) is 94.8 cm³/mol. The molecule has 0 spiro atoms. The van der Waals surface area contributed by atoms with Crippen molar-refractivity contribution in [1.29, 1.82) is 0 Å². The van der Waals surface area contributed by atoms with E-state index < -0.39 is 5.79 Å².